The van der Waals surface area contributed by atoms with E-state index in [9.17, 15) is 4.79 Å². The van der Waals surface area contributed by atoms with E-state index in [1.807, 2.05) is 62.4 Å². The van der Waals surface area contributed by atoms with Gasteiger partial charge in [-0.1, -0.05) is 24.3 Å². The highest BCUT2D eigenvalue weighted by Crippen LogP contribution is 2.34. The lowest BCUT2D eigenvalue weighted by Crippen LogP contribution is -2.34. The average molecular weight is 478 g/mol. The van der Waals surface area contributed by atoms with Crippen LogP contribution in [0.5, 0.6) is 11.5 Å². The van der Waals surface area contributed by atoms with Crippen molar-refractivity contribution >= 4 is 50.5 Å². The van der Waals surface area contributed by atoms with Gasteiger partial charge in [0.25, 0.3) is 5.91 Å². The number of thiazole rings is 1. The van der Waals surface area contributed by atoms with E-state index >= 15 is 0 Å². The van der Waals surface area contributed by atoms with Crippen molar-refractivity contribution in [1.82, 2.24) is 10.3 Å². The Morgan fingerprint density at radius 3 is 2.33 bits per heavy atom. The number of aromatic nitrogens is 1. The number of ether oxygens (including phenoxy) is 2. The average Bonchev–Trinajstić information content (AvgIpc) is 3.24. The van der Waals surface area contributed by atoms with Gasteiger partial charge >= 0.3 is 0 Å². The molecule has 0 aliphatic heterocycles. The minimum Gasteiger partial charge on any atom is -0.494 e. The predicted molar refractivity (Wildman–Crippen MR) is 138 cm³/mol. The van der Waals surface area contributed by atoms with Crippen molar-refractivity contribution in [2.45, 2.75) is 13.8 Å². The lowest BCUT2D eigenvalue weighted by Gasteiger charge is -2.14. The smallest absolute Gasteiger partial charge is 0.257 e. The van der Waals surface area contributed by atoms with Crippen LogP contribution in [0.4, 0.5) is 5.69 Å². The third-order valence-electron chi connectivity index (χ3n) is 4.69. The Morgan fingerprint density at radius 1 is 0.970 bits per heavy atom. The summed E-state index contributed by atoms with van der Waals surface area (Å²) in [6.45, 7) is 4.74. The molecule has 0 saturated heterocycles. The van der Waals surface area contributed by atoms with E-state index in [2.05, 4.69) is 10.6 Å². The summed E-state index contributed by atoms with van der Waals surface area (Å²) in [5.41, 5.74) is 3.02. The number of carbonyl (C=O) groups is 1. The zero-order valence-electron chi connectivity index (χ0n) is 18.3. The molecule has 0 aliphatic rings. The summed E-state index contributed by atoms with van der Waals surface area (Å²) >= 11 is 7.04. The topological polar surface area (TPSA) is 72.5 Å². The number of thiocarbonyl (C=S) groups is 1. The van der Waals surface area contributed by atoms with Gasteiger partial charge in [0.15, 0.2) is 5.11 Å². The van der Waals surface area contributed by atoms with E-state index in [1.165, 1.54) is 0 Å². The molecule has 2 N–H and O–H groups in total. The number of rotatable bonds is 7. The lowest BCUT2D eigenvalue weighted by atomic mass is 10.2. The highest BCUT2D eigenvalue weighted by Gasteiger charge is 2.15. The second-order valence-electron chi connectivity index (χ2n) is 7.00. The molecule has 6 nitrogen and oxygen atoms in total. The Hall–Kier alpha value is -3.49. The monoisotopic (exact) mass is 477 g/mol. The van der Waals surface area contributed by atoms with Gasteiger partial charge < -0.3 is 14.8 Å². The lowest BCUT2D eigenvalue weighted by molar-refractivity contribution is 0.0976. The third kappa shape index (κ3) is 5.47. The maximum Gasteiger partial charge on any atom is 0.257 e. The van der Waals surface area contributed by atoms with Gasteiger partial charge in [0.1, 0.15) is 16.5 Å². The molecule has 8 heteroatoms. The summed E-state index contributed by atoms with van der Waals surface area (Å²) in [6, 6.07) is 20.8. The summed E-state index contributed by atoms with van der Waals surface area (Å²) in [4.78, 5) is 17.6. The van der Waals surface area contributed by atoms with Crippen molar-refractivity contribution in [3.63, 3.8) is 0 Å². The Kier molecular flexibility index (Phi) is 7.16. The molecule has 4 rings (SSSR count). The van der Waals surface area contributed by atoms with Crippen molar-refractivity contribution in [1.29, 1.82) is 0 Å². The first-order chi connectivity index (χ1) is 16.1. The number of amides is 1. The third-order valence-corrected chi connectivity index (χ3v) is 5.96. The molecule has 0 spiro atoms. The first kappa shape index (κ1) is 22.7. The van der Waals surface area contributed by atoms with Gasteiger partial charge in [-0.2, -0.15) is 0 Å². The fourth-order valence-electron chi connectivity index (χ4n) is 3.30. The van der Waals surface area contributed by atoms with Gasteiger partial charge in [0, 0.05) is 17.2 Å². The molecule has 0 aliphatic carbocycles. The highest BCUT2D eigenvalue weighted by molar-refractivity contribution is 7.80. The van der Waals surface area contributed by atoms with Crippen molar-refractivity contribution in [2.75, 3.05) is 18.5 Å². The Labute approximate surface area is 201 Å². The molecule has 0 fully saturated rings. The maximum atomic E-state index is 12.9. The Bertz CT molecular complexity index is 1250. The number of hydrogen-bond donors (Lipinski definition) is 2. The quantitative estimate of drug-likeness (QED) is 0.324. The standard InChI is InChI=1S/C25H23N3O3S2/c1-3-30-17-13-16(14-18(15-17)31-4-2)23(29)28-25(32)27-20-10-6-5-9-19(20)24-26-21-11-7-8-12-22(21)33-24/h5-15H,3-4H2,1-2H3,(H2,27,28,29,32). The zero-order valence-corrected chi connectivity index (χ0v) is 19.9. The van der Waals surface area contributed by atoms with Crippen LogP contribution in [0.3, 0.4) is 0 Å². The predicted octanol–water partition coefficient (Wildman–Crippen LogP) is 5.89. The van der Waals surface area contributed by atoms with E-state index in [1.54, 1.807) is 29.5 Å². The van der Waals surface area contributed by atoms with Crippen LogP contribution in [-0.2, 0) is 0 Å². The van der Waals surface area contributed by atoms with Crippen molar-refractivity contribution in [3.8, 4) is 22.1 Å². The van der Waals surface area contributed by atoms with Gasteiger partial charge in [-0.3, -0.25) is 10.1 Å². The largest absolute Gasteiger partial charge is 0.494 e. The van der Waals surface area contributed by atoms with Crippen LogP contribution in [0.15, 0.2) is 66.7 Å². The van der Waals surface area contributed by atoms with Gasteiger partial charge in [0.2, 0.25) is 0 Å². The molecule has 168 valence electrons. The molecule has 1 heterocycles. The Morgan fingerprint density at radius 2 is 1.64 bits per heavy atom. The molecular formula is C25H23N3O3S2. The maximum absolute atomic E-state index is 12.9. The molecular weight excluding hydrogens is 454 g/mol. The van der Waals surface area contributed by atoms with Crippen molar-refractivity contribution in [2.24, 2.45) is 0 Å². The minimum absolute atomic E-state index is 0.188. The molecule has 0 bridgehead atoms. The number of benzene rings is 3. The molecule has 0 atom stereocenters. The SMILES string of the molecule is CCOc1cc(OCC)cc(C(=O)NC(=S)Nc2ccccc2-c2nc3ccccc3s2)c1. The highest BCUT2D eigenvalue weighted by atomic mass is 32.1. The fraction of sp³-hybridized carbons (Fsp3) is 0.160. The van der Waals surface area contributed by atoms with Crippen LogP contribution in [0.2, 0.25) is 0 Å². The van der Waals surface area contributed by atoms with Gasteiger partial charge in [-0.25, -0.2) is 4.98 Å². The van der Waals surface area contributed by atoms with Crippen LogP contribution < -0.4 is 20.1 Å². The van der Waals surface area contributed by atoms with Gasteiger partial charge in [0.05, 0.1) is 29.1 Å². The first-order valence-electron chi connectivity index (χ1n) is 10.6. The molecule has 1 aromatic heterocycles. The summed E-state index contributed by atoms with van der Waals surface area (Å²) in [5, 5.41) is 6.94. The van der Waals surface area contributed by atoms with Crippen LogP contribution in [0, 0.1) is 0 Å². The number of nitrogens with zero attached hydrogens (tertiary/aromatic N) is 1. The molecule has 33 heavy (non-hydrogen) atoms. The van der Waals surface area contributed by atoms with Gasteiger partial charge in [-0.05, 0) is 62.5 Å². The molecule has 3 aromatic carbocycles. The number of anilines is 1. The van der Waals surface area contributed by atoms with E-state index < -0.39 is 0 Å². The number of carbonyl (C=O) groups excluding carboxylic acids is 1. The normalized spacial score (nSPS) is 10.6. The number of hydrogen-bond acceptors (Lipinski definition) is 6. The number of fused-ring (bicyclic) bond motifs is 1. The summed E-state index contributed by atoms with van der Waals surface area (Å²) < 4.78 is 12.2. The molecule has 0 radical (unpaired) electrons. The second kappa shape index (κ2) is 10.4. The van der Waals surface area contributed by atoms with Crippen molar-refractivity contribution in [3.05, 3.63) is 72.3 Å². The van der Waals surface area contributed by atoms with E-state index in [-0.39, 0.29) is 11.0 Å². The Balaban J connectivity index is 1.52. The second-order valence-corrected chi connectivity index (χ2v) is 8.44. The molecule has 4 aromatic rings. The zero-order chi connectivity index (χ0) is 23.2. The first-order valence-corrected chi connectivity index (χ1v) is 11.8. The number of para-hydroxylation sites is 2. The van der Waals surface area contributed by atoms with Crippen molar-refractivity contribution < 1.29 is 14.3 Å². The van der Waals surface area contributed by atoms with E-state index in [0.29, 0.717) is 30.3 Å². The van der Waals surface area contributed by atoms with Crippen LogP contribution in [0.1, 0.15) is 24.2 Å². The van der Waals surface area contributed by atoms with E-state index in [0.717, 1.165) is 26.5 Å². The molecule has 0 saturated carbocycles. The van der Waals surface area contributed by atoms with Crippen LogP contribution >= 0.6 is 23.6 Å². The van der Waals surface area contributed by atoms with Gasteiger partial charge in [-0.15, -0.1) is 11.3 Å². The fourth-order valence-corrected chi connectivity index (χ4v) is 4.51. The van der Waals surface area contributed by atoms with E-state index in [4.69, 9.17) is 26.7 Å². The van der Waals surface area contributed by atoms with Crippen LogP contribution in [0.25, 0.3) is 20.8 Å². The van der Waals surface area contributed by atoms with Crippen LogP contribution in [-0.4, -0.2) is 29.2 Å². The molecule has 1 amide bonds. The number of nitrogens with one attached hydrogen (secondary N) is 2. The summed E-state index contributed by atoms with van der Waals surface area (Å²) in [6.07, 6.45) is 0. The summed E-state index contributed by atoms with van der Waals surface area (Å²) in [5.74, 6) is 0.773. The minimum atomic E-state index is -0.354. The summed E-state index contributed by atoms with van der Waals surface area (Å²) in [7, 11) is 0. The molecule has 0 unspecified atom stereocenters.